The number of carbonyl (C=O) groups excluding carboxylic acids is 2. The van der Waals surface area contributed by atoms with E-state index in [0.717, 1.165) is 12.8 Å². The molecular formula is C10H18O6. The molecule has 0 radical (unpaired) electrons. The Kier molecular flexibility index (Phi) is 8.01. The van der Waals surface area contributed by atoms with E-state index in [1.807, 2.05) is 6.92 Å². The molecule has 0 saturated carbocycles. The zero-order valence-corrected chi connectivity index (χ0v) is 9.86. The maximum atomic E-state index is 10.9. The van der Waals surface area contributed by atoms with Crippen molar-refractivity contribution in [2.45, 2.75) is 32.3 Å². The van der Waals surface area contributed by atoms with Gasteiger partial charge in [-0.25, -0.2) is 9.59 Å². The van der Waals surface area contributed by atoms with Crippen molar-refractivity contribution in [3.05, 3.63) is 0 Å². The summed E-state index contributed by atoms with van der Waals surface area (Å²) in [4.78, 5) is 21.6. The van der Waals surface area contributed by atoms with Crippen LogP contribution in [0.3, 0.4) is 0 Å². The molecule has 0 bridgehead atoms. The van der Waals surface area contributed by atoms with Gasteiger partial charge in [0.25, 0.3) is 0 Å². The maximum Gasteiger partial charge on any atom is 0.508 e. The molecule has 6 nitrogen and oxygen atoms in total. The summed E-state index contributed by atoms with van der Waals surface area (Å²) in [5.41, 5.74) is 0. The molecule has 0 aliphatic rings. The van der Waals surface area contributed by atoms with E-state index in [4.69, 9.17) is 9.47 Å². The minimum absolute atomic E-state index is 0.0260. The van der Waals surface area contributed by atoms with Crippen molar-refractivity contribution in [2.24, 2.45) is 0 Å². The van der Waals surface area contributed by atoms with E-state index >= 15 is 0 Å². The first-order chi connectivity index (χ1) is 7.63. The molecule has 0 aliphatic carbocycles. The number of carbonyl (C=O) groups is 2. The highest BCUT2D eigenvalue weighted by atomic mass is 16.7. The summed E-state index contributed by atoms with van der Waals surface area (Å²) >= 11 is 0. The molecule has 16 heavy (non-hydrogen) atoms. The lowest BCUT2D eigenvalue weighted by Crippen LogP contribution is -2.25. The fourth-order valence-corrected chi connectivity index (χ4v) is 1.01. The normalized spacial score (nSPS) is 11.4. The fraction of sp³-hybridized carbons (Fsp3) is 0.800. The van der Waals surface area contributed by atoms with Crippen LogP contribution in [0.1, 0.15) is 26.2 Å². The largest absolute Gasteiger partial charge is 0.508 e. The Labute approximate surface area is 94.8 Å². The van der Waals surface area contributed by atoms with Crippen molar-refractivity contribution < 1.29 is 28.5 Å². The zero-order chi connectivity index (χ0) is 12.4. The monoisotopic (exact) mass is 234 g/mol. The second-order valence-electron chi connectivity index (χ2n) is 3.10. The molecule has 0 heterocycles. The van der Waals surface area contributed by atoms with Gasteiger partial charge in [-0.2, -0.15) is 0 Å². The van der Waals surface area contributed by atoms with Crippen molar-refractivity contribution in [1.82, 2.24) is 0 Å². The van der Waals surface area contributed by atoms with Gasteiger partial charge in [-0.1, -0.05) is 13.3 Å². The van der Waals surface area contributed by atoms with Gasteiger partial charge in [-0.05, 0) is 12.8 Å². The van der Waals surface area contributed by atoms with Crippen LogP contribution in [-0.4, -0.2) is 39.2 Å². The molecule has 6 heteroatoms. The lowest BCUT2D eigenvalue weighted by Gasteiger charge is -2.16. The molecule has 0 aromatic rings. The van der Waals surface area contributed by atoms with E-state index < -0.39 is 18.4 Å². The number of hydrogen-bond donors (Lipinski definition) is 0. The molecular weight excluding hydrogens is 216 g/mol. The van der Waals surface area contributed by atoms with Crippen LogP contribution in [-0.2, 0) is 18.9 Å². The van der Waals surface area contributed by atoms with Gasteiger partial charge >= 0.3 is 12.3 Å². The quantitative estimate of drug-likeness (QED) is 0.655. The summed E-state index contributed by atoms with van der Waals surface area (Å²) < 4.78 is 18.3. The average molecular weight is 234 g/mol. The van der Waals surface area contributed by atoms with E-state index in [0.29, 0.717) is 6.42 Å². The lowest BCUT2D eigenvalue weighted by atomic mass is 10.2. The Morgan fingerprint density at radius 1 is 1.12 bits per heavy atom. The zero-order valence-electron chi connectivity index (χ0n) is 9.86. The van der Waals surface area contributed by atoms with E-state index in [1.165, 1.54) is 14.2 Å². The van der Waals surface area contributed by atoms with Crippen LogP contribution in [0.15, 0.2) is 0 Å². The highest BCUT2D eigenvalue weighted by Crippen LogP contribution is 2.07. The van der Waals surface area contributed by atoms with Gasteiger partial charge in [0.15, 0.2) is 0 Å². The maximum absolute atomic E-state index is 10.9. The number of rotatable bonds is 6. The fourth-order valence-electron chi connectivity index (χ4n) is 1.01. The first-order valence-corrected chi connectivity index (χ1v) is 5.09. The molecule has 0 aromatic heterocycles. The smallest absolute Gasteiger partial charge is 0.438 e. The second-order valence-corrected chi connectivity index (χ2v) is 3.10. The van der Waals surface area contributed by atoms with Crippen LogP contribution in [0.2, 0.25) is 0 Å². The summed E-state index contributed by atoms with van der Waals surface area (Å²) in [5.74, 6) is 0. The van der Waals surface area contributed by atoms with Crippen LogP contribution in [0, 0.1) is 0 Å². The SMILES string of the molecule is CCCCC(COC(=O)OC)OC(=O)OC. The van der Waals surface area contributed by atoms with E-state index in [-0.39, 0.29) is 6.61 Å². The van der Waals surface area contributed by atoms with E-state index in [1.54, 1.807) is 0 Å². The number of hydrogen-bond acceptors (Lipinski definition) is 6. The van der Waals surface area contributed by atoms with Crippen molar-refractivity contribution in [2.75, 3.05) is 20.8 Å². The molecule has 0 spiro atoms. The van der Waals surface area contributed by atoms with Crippen molar-refractivity contribution in [3.63, 3.8) is 0 Å². The van der Waals surface area contributed by atoms with Gasteiger partial charge in [-0.3, -0.25) is 0 Å². The molecule has 0 rings (SSSR count). The Hall–Kier alpha value is -1.46. The standard InChI is InChI=1S/C10H18O6/c1-4-5-6-8(16-10(12)14-3)7-15-9(11)13-2/h8H,4-7H2,1-3H3. The molecule has 1 unspecified atom stereocenters. The van der Waals surface area contributed by atoms with Crippen molar-refractivity contribution >= 4 is 12.3 Å². The van der Waals surface area contributed by atoms with Crippen LogP contribution in [0.25, 0.3) is 0 Å². The van der Waals surface area contributed by atoms with E-state index in [2.05, 4.69) is 9.47 Å². The predicted octanol–water partition coefficient (Wildman–Crippen LogP) is 2.11. The van der Waals surface area contributed by atoms with Crippen LogP contribution < -0.4 is 0 Å². The van der Waals surface area contributed by atoms with Gasteiger partial charge in [0.1, 0.15) is 12.7 Å². The minimum Gasteiger partial charge on any atom is -0.438 e. The Morgan fingerprint density at radius 2 is 1.75 bits per heavy atom. The first-order valence-electron chi connectivity index (χ1n) is 5.09. The average Bonchev–Trinajstić information content (AvgIpc) is 2.31. The molecule has 0 saturated heterocycles. The van der Waals surface area contributed by atoms with Gasteiger partial charge in [0.05, 0.1) is 14.2 Å². The number of methoxy groups -OCH3 is 2. The third-order valence-electron chi connectivity index (χ3n) is 1.86. The molecule has 0 aromatic carbocycles. The molecule has 0 amide bonds. The summed E-state index contributed by atoms with van der Waals surface area (Å²) in [6.07, 6.45) is 0.365. The van der Waals surface area contributed by atoms with Crippen LogP contribution in [0.4, 0.5) is 9.59 Å². The third-order valence-corrected chi connectivity index (χ3v) is 1.86. The van der Waals surface area contributed by atoms with E-state index in [9.17, 15) is 9.59 Å². The predicted molar refractivity (Wildman–Crippen MR) is 55.2 cm³/mol. The molecule has 0 aliphatic heterocycles. The van der Waals surface area contributed by atoms with Crippen molar-refractivity contribution in [1.29, 1.82) is 0 Å². The summed E-state index contributed by atoms with van der Waals surface area (Å²) in [5, 5.41) is 0. The Bertz CT molecular complexity index is 215. The van der Waals surface area contributed by atoms with Gasteiger partial charge < -0.3 is 18.9 Å². The Morgan fingerprint density at radius 3 is 2.25 bits per heavy atom. The minimum atomic E-state index is -0.796. The first kappa shape index (κ1) is 14.5. The summed E-state index contributed by atoms with van der Waals surface area (Å²) in [6, 6.07) is 0. The summed E-state index contributed by atoms with van der Waals surface area (Å²) in [7, 11) is 2.44. The van der Waals surface area contributed by atoms with Crippen LogP contribution in [0.5, 0.6) is 0 Å². The third kappa shape index (κ3) is 6.92. The van der Waals surface area contributed by atoms with Gasteiger partial charge in [0.2, 0.25) is 0 Å². The summed E-state index contributed by atoms with van der Waals surface area (Å²) in [6.45, 7) is 1.98. The highest BCUT2D eigenvalue weighted by Gasteiger charge is 2.16. The van der Waals surface area contributed by atoms with Gasteiger partial charge in [0, 0.05) is 0 Å². The lowest BCUT2D eigenvalue weighted by molar-refractivity contribution is -0.00971. The number of unbranched alkanes of at least 4 members (excludes halogenated alkanes) is 1. The van der Waals surface area contributed by atoms with Gasteiger partial charge in [-0.15, -0.1) is 0 Å². The molecule has 94 valence electrons. The molecule has 0 fully saturated rings. The topological polar surface area (TPSA) is 71.1 Å². The van der Waals surface area contributed by atoms with Crippen molar-refractivity contribution in [3.8, 4) is 0 Å². The molecule has 0 N–H and O–H groups in total. The highest BCUT2D eigenvalue weighted by molar-refractivity contribution is 5.60. The number of ether oxygens (including phenoxy) is 4. The molecule has 1 atom stereocenters. The second kappa shape index (κ2) is 8.82. The van der Waals surface area contributed by atoms with Crippen LogP contribution >= 0.6 is 0 Å². The Balaban J connectivity index is 3.98.